The Labute approximate surface area is 135 Å². The molecule has 0 radical (unpaired) electrons. The van der Waals surface area contributed by atoms with E-state index in [9.17, 15) is 14.7 Å². The van der Waals surface area contributed by atoms with Crippen LogP contribution in [-0.4, -0.2) is 34.1 Å². The van der Waals surface area contributed by atoms with E-state index in [0.717, 1.165) is 19.3 Å². The minimum atomic E-state index is -0.974. The third-order valence-corrected chi connectivity index (χ3v) is 6.20. The van der Waals surface area contributed by atoms with Gasteiger partial charge in [0.05, 0.1) is 18.1 Å². The van der Waals surface area contributed by atoms with Crippen LogP contribution in [0.25, 0.3) is 0 Å². The third-order valence-electron chi connectivity index (χ3n) is 5.76. The number of hydrogen-bond acceptors (Lipinski definition) is 4. The molecule has 22 heavy (non-hydrogen) atoms. The first kappa shape index (κ1) is 16.1. The Bertz CT molecular complexity index is 499. The third kappa shape index (κ3) is 2.62. The van der Waals surface area contributed by atoms with E-state index < -0.39 is 23.4 Å². The van der Waals surface area contributed by atoms with Gasteiger partial charge >= 0.3 is 5.97 Å². The lowest BCUT2D eigenvalue weighted by Crippen LogP contribution is -2.64. The van der Waals surface area contributed by atoms with Crippen molar-refractivity contribution in [3.05, 3.63) is 0 Å². The summed E-state index contributed by atoms with van der Waals surface area (Å²) < 4.78 is 5.14. The number of ether oxygens (including phenoxy) is 1. The number of halogens is 1. The average Bonchev–Trinajstić information content (AvgIpc) is 2.33. The second kappa shape index (κ2) is 5.38. The van der Waals surface area contributed by atoms with Gasteiger partial charge in [0.15, 0.2) is 0 Å². The molecular formula is C16H24ClNO4. The molecule has 4 aliphatic rings. The maximum absolute atomic E-state index is 12.3. The minimum Gasteiger partial charge on any atom is -0.466 e. The predicted octanol–water partition coefficient (Wildman–Crippen LogP) is 1.59. The molecule has 0 spiro atoms. The monoisotopic (exact) mass is 329 g/mol. The molecule has 0 unspecified atom stereocenters. The lowest BCUT2D eigenvalue weighted by molar-refractivity contribution is -0.194. The number of carbonyl (C=O) groups is 2. The summed E-state index contributed by atoms with van der Waals surface area (Å²) in [6.45, 7) is 1.99. The summed E-state index contributed by atoms with van der Waals surface area (Å²) in [6.07, 6.45) is 3.80. The fraction of sp³-hybridized carbons (Fsp3) is 0.875. The molecule has 0 aromatic carbocycles. The molecule has 0 aromatic rings. The SMILES string of the molecule is CCOC(=O)[C@@H](CC(N)=O)[C@@H]1[C@@H]2C[C@H]3C[C@@](Cl)(C2)C[C@]1(O)C3. The quantitative estimate of drug-likeness (QED) is 0.592. The van der Waals surface area contributed by atoms with Crippen LogP contribution in [0.15, 0.2) is 0 Å². The van der Waals surface area contributed by atoms with Gasteiger partial charge in [-0.05, 0) is 50.9 Å². The van der Waals surface area contributed by atoms with Crippen molar-refractivity contribution in [1.29, 1.82) is 0 Å². The fourth-order valence-electron chi connectivity index (χ4n) is 5.58. The summed E-state index contributed by atoms with van der Waals surface area (Å²) in [5.41, 5.74) is 4.36. The van der Waals surface area contributed by atoms with Crippen LogP contribution < -0.4 is 5.73 Å². The van der Waals surface area contributed by atoms with E-state index in [1.165, 1.54) is 0 Å². The van der Waals surface area contributed by atoms with Crippen LogP contribution in [0.2, 0.25) is 0 Å². The van der Waals surface area contributed by atoms with Crippen molar-refractivity contribution in [3.63, 3.8) is 0 Å². The van der Waals surface area contributed by atoms with Crippen LogP contribution in [0, 0.1) is 23.7 Å². The fourth-order valence-corrected chi connectivity index (χ4v) is 6.23. The van der Waals surface area contributed by atoms with E-state index in [-0.39, 0.29) is 29.7 Å². The molecule has 0 saturated heterocycles. The zero-order valence-electron chi connectivity index (χ0n) is 12.9. The summed E-state index contributed by atoms with van der Waals surface area (Å²) in [7, 11) is 0. The molecule has 5 nitrogen and oxygen atoms in total. The number of carbonyl (C=O) groups excluding carboxylic acids is 2. The van der Waals surface area contributed by atoms with Gasteiger partial charge in [-0.15, -0.1) is 11.6 Å². The van der Waals surface area contributed by atoms with Gasteiger partial charge in [-0.2, -0.15) is 0 Å². The molecule has 0 aliphatic heterocycles. The molecule has 1 amide bonds. The molecule has 3 N–H and O–H groups in total. The Hall–Kier alpha value is -0.810. The highest BCUT2D eigenvalue weighted by molar-refractivity contribution is 6.24. The Balaban J connectivity index is 1.90. The van der Waals surface area contributed by atoms with Gasteiger partial charge in [-0.3, -0.25) is 9.59 Å². The van der Waals surface area contributed by atoms with Crippen LogP contribution >= 0.6 is 11.6 Å². The summed E-state index contributed by atoms with van der Waals surface area (Å²) in [4.78, 5) is 23.4. The maximum Gasteiger partial charge on any atom is 0.309 e. The first-order chi connectivity index (χ1) is 10.3. The molecule has 4 saturated carbocycles. The van der Waals surface area contributed by atoms with Crippen molar-refractivity contribution >= 4 is 23.5 Å². The molecule has 6 atom stereocenters. The highest BCUT2D eigenvalue weighted by Gasteiger charge is 2.64. The molecule has 124 valence electrons. The molecule has 4 rings (SSSR count). The molecule has 4 aliphatic carbocycles. The van der Waals surface area contributed by atoms with Gasteiger partial charge in [0.25, 0.3) is 0 Å². The van der Waals surface area contributed by atoms with E-state index in [4.69, 9.17) is 22.1 Å². The van der Waals surface area contributed by atoms with E-state index in [2.05, 4.69) is 0 Å². The largest absolute Gasteiger partial charge is 0.466 e. The maximum atomic E-state index is 12.3. The Morgan fingerprint density at radius 1 is 1.41 bits per heavy atom. The second-order valence-electron chi connectivity index (χ2n) is 7.46. The average molecular weight is 330 g/mol. The lowest BCUT2D eigenvalue weighted by atomic mass is 9.47. The highest BCUT2D eigenvalue weighted by atomic mass is 35.5. The molecule has 4 fully saturated rings. The first-order valence-corrected chi connectivity index (χ1v) is 8.50. The summed E-state index contributed by atoms with van der Waals surface area (Å²) in [5, 5.41) is 11.2. The number of esters is 1. The Kier molecular flexibility index (Phi) is 3.92. The topological polar surface area (TPSA) is 89.6 Å². The molecular weight excluding hydrogens is 306 g/mol. The minimum absolute atomic E-state index is 0.0672. The number of primary amides is 1. The number of alkyl halides is 1. The van der Waals surface area contributed by atoms with Crippen molar-refractivity contribution in [2.45, 2.75) is 55.9 Å². The second-order valence-corrected chi connectivity index (χ2v) is 8.26. The van der Waals surface area contributed by atoms with Gasteiger partial charge in [-0.25, -0.2) is 0 Å². The Morgan fingerprint density at radius 2 is 2.14 bits per heavy atom. The standard InChI is InChI=1S/C16H24ClNO4/c1-2-22-14(20)11(4-12(18)19)13-10-3-9-5-15(17,7-10)8-16(13,21)6-9/h9-11,13,21H,2-8H2,1H3,(H2,18,19)/t9-,10+,11-,13-,15+,16+/m0/s1. The van der Waals surface area contributed by atoms with Crippen LogP contribution in [0.4, 0.5) is 0 Å². The van der Waals surface area contributed by atoms with Gasteiger partial charge in [0, 0.05) is 17.2 Å². The zero-order valence-corrected chi connectivity index (χ0v) is 13.6. The van der Waals surface area contributed by atoms with E-state index in [0.29, 0.717) is 18.8 Å². The van der Waals surface area contributed by atoms with Crippen LogP contribution in [0.5, 0.6) is 0 Å². The lowest BCUT2D eigenvalue weighted by Gasteiger charge is -2.63. The van der Waals surface area contributed by atoms with Gasteiger partial charge < -0.3 is 15.6 Å². The number of amides is 1. The Morgan fingerprint density at radius 3 is 2.68 bits per heavy atom. The van der Waals surface area contributed by atoms with Crippen molar-refractivity contribution in [2.24, 2.45) is 29.4 Å². The molecule has 6 heteroatoms. The highest BCUT2D eigenvalue weighted by Crippen LogP contribution is 2.64. The molecule has 0 aromatic heterocycles. The van der Waals surface area contributed by atoms with Crippen molar-refractivity contribution < 1.29 is 19.4 Å². The normalized spacial score (nSPS) is 43.9. The van der Waals surface area contributed by atoms with Gasteiger partial charge in [0.1, 0.15) is 0 Å². The summed E-state index contributed by atoms with van der Waals surface area (Å²) >= 11 is 6.67. The number of aliphatic hydroxyl groups is 1. The summed E-state index contributed by atoms with van der Waals surface area (Å²) in [5.74, 6) is -1.30. The van der Waals surface area contributed by atoms with Crippen LogP contribution in [0.1, 0.15) is 45.4 Å². The van der Waals surface area contributed by atoms with Crippen molar-refractivity contribution in [1.82, 2.24) is 0 Å². The van der Waals surface area contributed by atoms with E-state index in [1.54, 1.807) is 6.92 Å². The van der Waals surface area contributed by atoms with Crippen LogP contribution in [0.3, 0.4) is 0 Å². The first-order valence-electron chi connectivity index (χ1n) is 8.12. The zero-order chi connectivity index (χ0) is 16.1. The molecule has 4 bridgehead atoms. The van der Waals surface area contributed by atoms with Gasteiger partial charge in [-0.1, -0.05) is 0 Å². The van der Waals surface area contributed by atoms with Gasteiger partial charge in [0.2, 0.25) is 5.91 Å². The van der Waals surface area contributed by atoms with Crippen LogP contribution in [-0.2, 0) is 14.3 Å². The van der Waals surface area contributed by atoms with E-state index >= 15 is 0 Å². The van der Waals surface area contributed by atoms with Crippen molar-refractivity contribution in [2.75, 3.05) is 6.61 Å². The number of nitrogens with two attached hydrogens (primary N) is 1. The number of hydrogen-bond donors (Lipinski definition) is 2. The summed E-state index contributed by atoms with van der Waals surface area (Å²) in [6, 6.07) is 0. The number of rotatable bonds is 5. The van der Waals surface area contributed by atoms with E-state index in [1.807, 2.05) is 0 Å². The smallest absolute Gasteiger partial charge is 0.309 e. The molecule has 0 heterocycles. The predicted molar refractivity (Wildman–Crippen MR) is 81.0 cm³/mol. The van der Waals surface area contributed by atoms with Crippen molar-refractivity contribution in [3.8, 4) is 0 Å².